The topological polar surface area (TPSA) is 67.4 Å². The van der Waals surface area contributed by atoms with Crippen molar-refractivity contribution in [3.8, 4) is 5.75 Å². The fraction of sp³-hybridized carbons (Fsp3) is 0.222. The number of rotatable bonds is 5. The largest absolute Gasteiger partial charge is 0.478 e. The average molecular weight is 342 g/mol. The molecule has 0 unspecified atom stereocenters. The number of carbonyl (C=O) groups is 2. The van der Waals surface area contributed by atoms with E-state index in [2.05, 4.69) is 16.7 Å². The normalized spacial score (nSPS) is 12.4. The van der Waals surface area contributed by atoms with Gasteiger partial charge in [-0.05, 0) is 38.1 Å². The van der Waals surface area contributed by atoms with E-state index in [0.29, 0.717) is 12.0 Å². The lowest BCUT2D eigenvalue weighted by Gasteiger charge is -2.26. The van der Waals surface area contributed by atoms with E-state index in [1.807, 2.05) is 36.4 Å². The van der Waals surface area contributed by atoms with E-state index in [9.17, 15) is 9.59 Å². The van der Waals surface area contributed by atoms with Gasteiger partial charge in [-0.3, -0.25) is 4.79 Å². The van der Waals surface area contributed by atoms with Gasteiger partial charge in [0.25, 0.3) is 5.91 Å². The van der Waals surface area contributed by atoms with Crippen LogP contribution in [-0.2, 0) is 9.59 Å². The van der Waals surface area contributed by atoms with E-state index in [-0.39, 0.29) is 12.5 Å². The molecule has 0 radical (unpaired) electrons. The second-order valence-electron chi connectivity index (χ2n) is 5.87. The molecule has 124 valence electrons. The Morgan fingerprint density at radius 1 is 1.21 bits per heavy atom. The predicted molar refractivity (Wildman–Crippen MR) is 94.1 cm³/mol. The maximum atomic E-state index is 12.1. The first kappa shape index (κ1) is 16.4. The lowest BCUT2D eigenvalue weighted by atomic mass is 10.1. The van der Waals surface area contributed by atoms with Crippen LogP contribution in [0.15, 0.2) is 52.3 Å². The highest BCUT2D eigenvalue weighted by Crippen LogP contribution is 2.45. The number of ether oxygens (including phenoxy) is 1. The minimum atomic E-state index is -1.07. The van der Waals surface area contributed by atoms with Crippen molar-refractivity contribution in [1.29, 1.82) is 0 Å². The summed E-state index contributed by atoms with van der Waals surface area (Å²) in [4.78, 5) is 24.7. The van der Waals surface area contributed by atoms with Crippen molar-refractivity contribution in [2.45, 2.75) is 29.2 Å². The van der Waals surface area contributed by atoms with Crippen LogP contribution >= 0.6 is 11.8 Å². The van der Waals surface area contributed by atoms with Crippen molar-refractivity contribution in [3.63, 3.8) is 0 Å². The van der Waals surface area contributed by atoms with Gasteiger partial charge in [-0.25, -0.2) is 0 Å². The number of benzene rings is 2. The third-order valence-electron chi connectivity index (χ3n) is 3.59. The maximum absolute atomic E-state index is 12.1. The second kappa shape index (κ2) is 6.57. The predicted octanol–water partition coefficient (Wildman–Crippen LogP) is 3.37. The highest BCUT2D eigenvalue weighted by atomic mass is 32.2. The van der Waals surface area contributed by atoms with Crippen LogP contribution in [0.25, 0.3) is 0 Å². The van der Waals surface area contributed by atoms with Crippen LogP contribution < -0.4 is 15.4 Å². The van der Waals surface area contributed by atoms with Gasteiger partial charge < -0.3 is 20.2 Å². The summed E-state index contributed by atoms with van der Waals surface area (Å²) >= 11 is 1.69. The Kier molecular flexibility index (Phi) is 4.49. The monoisotopic (exact) mass is 342 g/mol. The molecule has 0 fully saturated rings. The van der Waals surface area contributed by atoms with E-state index in [0.717, 1.165) is 16.3 Å². The number of anilines is 2. The molecule has 0 saturated carbocycles. The highest BCUT2D eigenvalue weighted by Gasteiger charge is 2.30. The third kappa shape index (κ3) is 3.38. The first-order valence-electron chi connectivity index (χ1n) is 7.58. The van der Waals surface area contributed by atoms with Gasteiger partial charge in [-0.15, -0.1) is 0 Å². The summed E-state index contributed by atoms with van der Waals surface area (Å²) in [5, 5.41) is 5.90. The quantitative estimate of drug-likeness (QED) is 0.696. The molecule has 0 spiro atoms. The number of nitrogens with one attached hydrogen (secondary N) is 2. The van der Waals surface area contributed by atoms with Crippen LogP contribution in [0.4, 0.5) is 11.4 Å². The molecule has 1 aliphatic rings. The Morgan fingerprint density at radius 2 is 1.96 bits per heavy atom. The molecule has 0 aliphatic carbocycles. The molecule has 2 N–H and O–H groups in total. The van der Waals surface area contributed by atoms with Gasteiger partial charge in [0.15, 0.2) is 5.60 Å². The molecule has 2 aromatic rings. The van der Waals surface area contributed by atoms with Crippen LogP contribution in [0.2, 0.25) is 0 Å². The summed E-state index contributed by atoms with van der Waals surface area (Å²) in [6.45, 7) is 3.32. The minimum Gasteiger partial charge on any atom is -0.478 e. The van der Waals surface area contributed by atoms with Gasteiger partial charge in [-0.2, -0.15) is 0 Å². The van der Waals surface area contributed by atoms with Gasteiger partial charge in [0.1, 0.15) is 12.0 Å². The molecule has 0 atom stereocenters. The molecule has 1 heterocycles. The Bertz CT molecular complexity index is 790. The number of hydrogen-bond acceptors (Lipinski definition) is 5. The summed E-state index contributed by atoms with van der Waals surface area (Å²) in [5.41, 5.74) is 0.923. The Morgan fingerprint density at radius 3 is 2.75 bits per heavy atom. The smallest absolute Gasteiger partial charge is 0.263 e. The van der Waals surface area contributed by atoms with Crippen molar-refractivity contribution in [3.05, 3.63) is 42.5 Å². The molecule has 24 heavy (non-hydrogen) atoms. The summed E-state index contributed by atoms with van der Waals surface area (Å²) in [6.07, 6.45) is 0.644. The second-order valence-corrected chi connectivity index (χ2v) is 6.95. The number of aldehydes is 1. The fourth-order valence-corrected chi connectivity index (χ4v) is 3.34. The van der Waals surface area contributed by atoms with Gasteiger partial charge >= 0.3 is 0 Å². The van der Waals surface area contributed by atoms with Crippen LogP contribution in [-0.4, -0.2) is 24.3 Å². The van der Waals surface area contributed by atoms with Crippen LogP contribution in [0.3, 0.4) is 0 Å². The van der Waals surface area contributed by atoms with Crippen molar-refractivity contribution in [2.24, 2.45) is 0 Å². The molecule has 3 rings (SSSR count). The molecular weight excluding hydrogens is 324 g/mol. The van der Waals surface area contributed by atoms with E-state index in [1.54, 1.807) is 25.6 Å². The Labute approximate surface area is 144 Å². The van der Waals surface area contributed by atoms with Crippen molar-refractivity contribution >= 4 is 35.3 Å². The number of amides is 1. The first-order valence-corrected chi connectivity index (χ1v) is 8.40. The molecule has 1 amide bonds. The average Bonchev–Trinajstić information content (AvgIpc) is 2.57. The van der Waals surface area contributed by atoms with Crippen molar-refractivity contribution in [1.82, 2.24) is 5.32 Å². The fourth-order valence-electron chi connectivity index (χ4n) is 2.37. The summed E-state index contributed by atoms with van der Waals surface area (Å²) in [5.74, 6) is 0.257. The zero-order valence-electron chi connectivity index (χ0n) is 13.5. The molecule has 1 aliphatic heterocycles. The number of carbonyl (C=O) groups excluding carboxylic acids is 2. The molecule has 5 nitrogen and oxygen atoms in total. The van der Waals surface area contributed by atoms with E-state index in [1.165, 1.54) is 4.90 Å². The van der Waals surface area contributed by atoms with E-state index < -0.39 is 5.60 Å². The first-order chi connectivity index (χ1) is 11.5. The Hall–Kier alpha value is -2.47. The number of fused-ring (bicyclic) bond motifs is 2. The molecule has 0 saturated heterocycles. The molecule has 0 bridgehead atoms. The van der Waals surface area contributed by atoms with Crippen molar-refractivity contribution < 1.29 is 14.3 Å². The number of hydrogen-bond donors (Lipinski definition) is 2. The maximum Gasteiger partial charge on any atom is 0.263 e. The third-order valence-corrected chi connectivity index (χ3v) is 4.74. The summed E-state index contributed by atoms with van der Waals surface area (Å²) in [7, 11) is 0. The summed E-state index contributed by atoms with van der Waals surface area (Å²) < 4.78 is 5.84. The van der Waals surface area contributed by atoms with Gasteiger partial charge in [0.2, 0.25) is 0 Å². The van der Waals surface area contributed by atoms with Crippen molar-refractivity contribution in [2.75, 3.05) is 11.9 Å². The number of para-hydroxylation sites is 1. The van der Waals surface area contributed by atoms with Gasteiger partial charge in [0.05, 0.1) is 17.9 Å². The minimum absolute atomic E-state index is 0.0230. The SMILES string of the molecule is CC(C)(Oc1ccc2c(c1)Nc1ccccc1S2)C(=O)NCC=O. The molecule has 6 heteroatoms. The zero-order chi connectivity index (χ0) is 17.2. The van der Waals surface area contributed by atoms with Gasteiger partial charge in [0, 0.05) is 15.9 Å². The highest BCUT2D eigenvalue weighted by molar-refractivity contribution is 7.99. The standard InChI is InChI=1S/C18H18N2O3S/c1-18(2,17(22)19-9-10-21)23-12-7-8-16-14(11-12)20-13-5-3-4-6-15(13)24-16/h3-8,10-11,20H,9H2,1-2H3,(H,19,22). The summed E-state index contributed by atoms with van der Waals surface area (Å²) in [6, 6.07) is 13.8. The zero-order valence-corrected chi connectivity index (χ0v) is 14.3. The lowest BCUT2D eigenvalue weighted by Crippen LogP contribution is -2.47. The van der Waals surface area contributed by atoms with E-state index in [4.69, 9.17) is 4.74 Å². The van der Waals surface area contributed by atoms with Crippen LogP contribution in [0, 0.1) is 0 Å². The van der Waals surface area contributed by atoms with Gasteiger partial charge in [-0.1, -0.05) is 23.9 Å². The van der Waals surface area contributed by atoms with Crippen LogP contribution in [0.5, 0.6) is 5.75 Å². The van der Waals surface area contributed by atoms with Crippen LogP contribution in [0.1, 0.15) is 13.8 Å². The Balaban J connectivity index is 1.78. The molecular formula is C18H18N2O3S. The molecule has 2 aromatic carbocycles. The lowest BCUT2D eigenvalue weighted by molar-refractivity contribution is -0.134. The molecule has 0 aromatic heterocycles. The van der Waals surface area contributed by atoms with E-state index >= 15 is 0 Å².